The van der Waals surface area contributed by atoms with Gasteiger partial charge < -0.3 is 5.11 Å². The molecule has 2 heterocycles. The summed E-state index contributed by atoms with van der Waals surface area (Å²) in [5.74, 6) is -0.0223. The average Bonchev–Trinajstić information content (AvgIpc) is 3.26. The molecule has 24 heavy (non-hydrogen) atoms. The fourth-order valence-corrected chi connectivity index (χ4v) is 3.48. The lowest BCUT2D eigenvalue weighted by Crippen LogP contribution is -2.01. The molecule has 1 saturated carbocycles. The zero-order valence-electron chi connectivity index (χ0n) is 13.2. The second kappa shape index (κ2) is 5.27. The van der Waals surface area contributed by atoms with E-state index in [-0.39, 0.29) is 17.5 Å². The molecule has 0 amide bonds. The number of hydrogen-bond acceptors (Lipinski definition) is 4. The molecule has 1 aliphatic rings. The van der Waals surface area contributed by atoms with E-state index in [0.717, 1.165) is 34.5 Å². The number of carbonyl (C=O) groups is 1. The number of carboxylic acids is 1. The molecule has 3 aromatic rings. The molecule has 1 fully saturated rings. The fraction of sp³-hybridized carbons (Fsp3) is 0.294. The van der Waals surface area contributed by atoms with Gasteiger partial charge in [-0.3, -0.25) is 4.68 Å². The van der Waals surface area contributed by atoms with E-state index in [1.165, 1.54) is 6.07 Å². The predicted octanol–water partition coefficient (Wildman–Crippen LogP) is 3.52. The Labute approximate surface area is 143 Å². The molecule has 1 aliphatic carbocycles. The van der Waals surface area contributed by atoms with Crippen molar-refractivity contribution >= 4 is 28.6 Å². The molecule has 1 N–H and O–H groups in total. The Bertz CT molecular complexity index is 982. The highest BCUT2D eigenvalue weighted by molar-refractivity contribution is 6.31. The van der Waals surface area contributed by atoms with Crippen LogP contribution in [0.5, 0.6) is 0 Å². The smallest absolute Gasteiger partial charge is 0.335 e. The van der Waals surface area contributed by atoms with Gasteiger partial charge in [0.05, 0.1) is 23.5 Å². The molecule has 0 spiro atoms. The van der Waals surface area contributed by atoms with Crippen LogP contribution in [-0.2, 0) is 0 Å². The van der Waals surface area contributed by atoms with Crippen LogP contribution in [0.4, 0.5) is 0 Å². The van der Waals surface area contributed by atoms with Crippen LogP contribution >= 0.6 is 11.6 Å². The number of nitrogens with zero attached hydrogens (tertiary/aromatic N) is 4. The van der Waals surface area contributed by atoms with E-state index in [4.69, 9.17) is 16.7 Å². The number of benzene rings is 1. The second-order valence-corrected chi connectivity index (χ2v) is 6.54. The Morgan fingerprint density at radius 1 is 1.38 bits per heavy atom. The zero-order chi connectivity index (χ0) is 17.0. The van der Waals surface area contributed by atoms with Gasteiger partial charge >= 0.3 is 5.97 Å². The van der Waals surface area contributed by atoms with Crippen molar-refractivity contribution in [1.82, 2.24) is 19.7 Å². The predicted molar refractivity (Wildman–Crippen MR) is 89.6 cm³/mol. The van der Waals surface area contributed by atoms with Gasteiger partial charge in [-0.15, -0.1) is 0 Å². The highest BCUT2D eigenvalue weighted by atomic mass is 35.5. The van der Waals surface area contributed by atoms with Gasteiger partial charge in [-0.25, -0.2) is 14.8 Å². The minimum absolute atomic E-state index is 0.195. The summed E-state index contributed by atoms with van der Waals surface area (Å²) < 4.78 is 1.97. The van der Waals surface area contributed by atoms with Crippen LogP contribution in [0.3, 0.4) is 0 Å². The number of aryl methyl sites for hydroxylation is 2. The van der Waals surface area contributed by atoms with Gasteiger partial charge in [0.1, 0.15) is 16.9 Å². The lowest BCUT2D eigenvalue weighted by atomic mass is 10.1. The molecule has 0 bridgehead atoms. The molecule has 0 radical (unpaired) electrons. The van der Waals surface area contributed by atoms with Crippen molar-refractivity contribution in [2.75, 3.05) is 0 Å². The second-order valence-electron chi connectivity index (χ2n) is 6.13. The Hall–Kier alpha value is -2.47. The third-order valence-electron chi connectivity index (χ3n) is 4.45. The normalized spacial score (nSPS) is 19.6. The van der Waals surface area contributed by atoms with Crippen LogP contribution in [0, 0.1) is 13.8 Å². The van der Waals surface area contributed by atoms with Crippen molar-refractivity contribution < 1.29 is 9.90 Å². The number of fused-ring (bicyclic) bond motifs is 1. The molecule has 0 saturated heterocycles. The summed E-state index contributed by atoms with van der Waals surface area (Å²) >= 11 is 6.29. The largest absolute Gasteiger partial charge is 0.478 e. The summed E-state index contributed by atoms with van der Waals surface area (Å²) in [7, 11) is 0. The van der Waals surface area contributed by atoms with Gasteiger partial charge in [-0.05, 0) is 38.0 Å². The third kappa shape index (κ3) is 2.34. The zero-order valence-corrected chi connectivity index (χ0v) is 13.9. The van der Waals surface area contributed by atoms with Crippen molar-refractivity contribution in [3.8, 4) is 0 Å². The standard InChI is InChI=1S/C17H15ClN4O2/c1-8-16-15(7-19-9(2)20-16)22(21-8)14-6-12(14)11-4-3-10(17(23)24)5-13(11)18/h3-5,7,12,14H,6H2,1-2H3,(H,23,24). The maximum Gasteiger partial charge on any atom is 0.335 e. The topological polar surface area (TPSA) is 80.9 Å². The number of aromatic nitrogens is 4. The number of rotatable bonds is 3. The molecule has 6 nitrogen and oxygen atoms in total. The Morgan fingerprint density at radius 2 is 2.17 bits per heavy atom. The number of carboxylic acid groups (broad SMARTS) is 1. The van der Waals surface area contributed by atoms with Crippen LogP contribution in [0.2, 0.25) is 5.02 Å². The number of halogens is 1. The summed E-state index contributed by atoms with van der Waals surface area (Å²) in [5.41, 5.74) is 3.84. The molecule has 2 aromatic heterocycles. The van der Waals surface area contributed by atoms with Crippen LogP contribution < -0.4 is 0 Å². The van der Waals surface area contributed by atoms with Crippen LogP contribution in [0.15, 0.2) is 24.4 Å². The number of hydrogen-bond donors (Lipinski definition) is 1. The molecule has 2 unspecified atom stereocenters. The van der Waals surface area contributed by atoms with Crippen LogP contribution in [-0.4, -0.2) is 30.8 Å². The summed E-state index contributed by atoms with van der Waals surface area (Å²) in [6.07, 6.45) is 2.72. The molecule has 2 atom stereocenters. The molecule has 1 aromatic carbocycles. The molecule has 4 rings (SSSR count). The molecule has 122 valence electrons. The first-order valence-electron chi connectivity index (χ1n) is 7.67. The molecular weight excluding hydrogens is 328 g/mol. The summed E-state index contributed by atoms with van der Waals surface area (Å²) in [5, 5.41) is 14.2. The Balaban J connectivity index is 1.69. The minimum atomic E-state index is -0.975. The van der Waals surface area contributed by atoms with Gasteiger partial charge in [-0.2, -0.15) is 5.10 Å². The van der Waals surface area contributed by atoms with E-state index in [2.05, 4.69) is 15.1 Å². The van der Waals surface area contributed by atoms with Gasteiger partial charge in [0, 0.05) is 10.9 Å². The Kier molecular flexibility index (Phi) is 3.31. The van der Waals surface area contributed by atoms with Gasteiger partial charge in [0.2, 0.25) is 0 Å². The van der Waals surface area contributed by atoms with Crippen molar-refractivity contribution in [3.05, 3.63) is 52.1 Å². The van der Waals surface area contributed by atoms with Crippen LogP contribution in [0.25, 0.3) is 11.0 Å². The van der Waals surface area contributed by atoms with Crippen molar-refractivity contribution in [1.29, 1.82) is 0 Å². The van der Waals surface area contributed by atoms with E-state index < -0.39 is 5.97 Å². The fourth-order valence-electron chi connectivity index (χ4n) is 3.16. The lowest BCUT2D eigenvalue weighted by Gasteiger charge is -2.06. The van der Waals surface area contributed by atoms with Crippen molar-refractivity contribution in [2.45, 2.75) is 32.2 Å². The van der Waals surface area contributed by atoms with E-state index >= 15 is 0 Å². The average molecular weight is 343 g/mol. The quantitative estimate of drug-likeness (QED) is 0.787. The monoisotopic (exact) mass is 342 g/mol. The SMILES string of the molecule is Cc1ncc2c(n1)c(C)nn2C1CC1c1ccc(C(=O)O)cc1Cl. The van der Waals surface area contributed by atoms with Gasteiger partial charge in [0.25, 0.3) is 0 Å². The van der Waals surface area contributed by atoms with Crippen molar-refractivity contribution in [2.24, 2.45) is 0 Å². The van der Waals surface area contributed by atoms with Crippen molar-refractivity contribution in [3.63, 3.8) is 0 Å². The van der Waals surface area contributed by atoms with E-state index in [1.54, 1.807) is 12.1 Å². The van der Waals surface area contributed by atoms with E-state index in [1.807, 2.05) is 24.7 Å². The van der Waals surface area contributed by atoms with Gasteiger partial charge in [0.15, 0.2) is 0 Å². The maximum absolute atomic E-state index is 11.0. The maximum atomic E-state index is 11.0. The number of aromatic carboxylic acids is 1. The minimum Gasteiger partial charge on any atom is -0.478 e. The summed E-state index contributed by atoms with van der Waals surface area (Å²) in [6, 6.07) is 5.10. The van der Waals surface area contributed by atoms with E-state index in [9.17, 15) is 4.79 Å². The first-order valence-corrected chi connectivity index (χ1v) is 8.04. The molecular formula is C17H15ClN4O2. The summed E-state index contributed by atoms with van der Waals surface area (Å²) in [4.78, 5) is 19.8. The molecule has 7 heteroatoms. The highest BCUT2D eigenvalue weighted by Crippen LogP contribution is 2.53. The Morgan fingerprint density at radius 3 is 2.88 bits per heavy atom. The highest BCUT2D eigenvalue weighted by Gasteiger charge is 2.43. The van der Waals surface area contributed by atoms with E-state index in [0.29, 0.717) is 5.02 Å². The lowest BCUT2D eigenvalue weighted by molar-refractivity contribution is 0.0697. The first-order chi connectivity index (χ1) is 11.5. The third-order valence-corrected chi connectivity index (χ3v) is 4.78. The first kappa shape index (κ1) is 15.1. The van der Waals surface area contributed by atoms with Crippen LogP contribution in [0.1, 0.15) is 45.8 Å². The van der Waals surface area contributed by atoms with Gasteiger partial charge in [-0.1, -0.05) is 17.7 Å². The summed E-state index contributed by atoms with van der Waals surface area (Å²) in [6.45, 7) is 3.80. The molecule has 0 aliphatic heterocycles.